The lowest BCUT2D eigenvalue weighted by Crippen LogP contribution is -2.58. The van der Waals surface area contributed by atoms with Crippen LogP contribution < -0.4 is 0 Å². The Hall–Kier alpha value is -2.05. The second-order valence-electron chi connectivity index (χ2n) is 4.85. The Morgan fingerprint density at radius 2 is 1.32 bits per heavy atom. The lowest BCUT2D eigenvalue weighted by atomic mass is 9.78. The molecule has 0 aromatic rings. The van der Waals surface area contributed by atoms with Crippen LogP contribution in [0.5, 0.6) is 0 Å². The molecule has 142 valence electrons. The molecule has 0 rings (SSSR count). The third-order valence-electron chi connectivity index (χ3n) is 3.08. The molecule has 25 heavy (non-hydrogen) atoms. The minimum Gasteiger partial charge on any atom is -0.206 e. The summed E-state index contributed by atoms with van der Waals surface area (Å²) in [6.45, 7) is 0. The van der Waals surface area contributed by atoms with Crippen molar-refractivity contribution in [3.8, 4) is 12.1 Å². The Morgan fingerprint density at radius 1 is 0.880 bits per heavy atom. The summed E-state index contributed by atoms with van der Waals surface area (Å²) in [7, 11) is 0. The summed E-state index contributed by atoms with van der Waals surface area (Å²) < 4.78 is 139. The maximum absolute atomic E-state index is 13.5. The minimum absolute atomic E-state index is 0.727. The lowest BCUT2D eigenvalue weighted by molar-refractivity contribution is -0.342. The number of halogens is 11. The Labute approximate surface area is 133 Å². The molecule has 0 bridgehead atoms. The molecular formula is C12H7F11N2. The zero-order valence-corrected chi connectivity index (χ0v) is 11.8. The Kier molecular flexibility index (Phi) is 6.84. The molecule has 0 saturated heterocycles. The molecule has 13 heteroatoms. The second-order valence-corrected chi connectivity index (χ2v) is 4.85. The van der Waals surface area contributed by atoms with Crippen molar-refractivity contribution in [1.82, 2.24) is 0 Å². The van der Waals surface area contributed by atoms with Crippen LogP contribution in [0, 0.1) is 28.1 Å². The first-order chi connectivity index (χ1) is 11.1. The van der Waals surface area contributed by atoms with Crippen LogP contribution >= 0.6 is 0 Å². The Balaban J connectivity index is 5.76. The van der Waals surface area contributed by atoms with Crippen LogP contribution in [0.15, 0.2) is 11.9 Å². The molecule has 0 aliphatic carbocycles. The van der Waals surface area contributed by atoms with Crippen molar-refractivity contribution in [3.05, 3.63) is 11.9 Å². The average molecular weight is 388 g/mol. The fourth-order valence-corrected chi connectivity index (χ4v) is 1.59. The molecule has 0 aliphatic heterocycles. The highest BCUT2D eigenvalue weighted by Gasteiger charge is 2.76. The maximum atomic E-state index is 13.5. The number of nitriles is 2. The summed E-state index contributed by atoms with van der Waals surface area (Å²) in [4.78, 5) is 0. The summed E-state index contributed by atoms with van der Waals surface area (Å²) in [5.41, 5.74) is -3.31. The highest BCUT2D eigenvalue weighted by atomic mass is 19.4. The van der Waals surface area contributed by atoms with Crippen LogP contribution in [0.25, 0.3) is 0 Å². The van der Waals surface area contributed by atoms with Gasteiger partial charge in [0.2, 0.25) is 0 Å². The van der Waals surface area contributed by atoms with E-state index >= 15 is 0 Å². The SMILES string of the molecule is N#CC(C#N)(CCC(F)=C(F)F)CC(F)(F)C(F)(F)C(F)(F)C(F)F. The van der Waals surface area contributed by atoms with Gasteiger partial charge in [-0.2, -0.15) is 45.6 Å². The quantitative estimate of drug-likeness (QED) is 0.520. The third-order valence-corrected chi connectivity index (χ3v) is 3.08. The van der Waals surface area contributed by atoms with E-state index in [2.05, 4.69) is 0 Å². The number of hydrogen-bond acceptors (Lipinski definition) is 2. The highest BCUT2D eigenvalue weighted by Crippen LogP contribution is 2.53. The molecule has 0 aromatic heterocycles. The topological polar surface area (TPSA) is 47.6 Å². The average Bonchev–Trinajstić information content (AvgIpc) is 2.50. The van der Waals surface area contributed by atoms with Gasteiger partial charge in [0.05, 0.1) is 12.1 Å². The maximum Gasteiger partial charge on any atom is 0.377 e. The van der Waals surface area contributed by atoms with Crippen molar-refractivity contribution >= 4 is 0 Å². The summed E-state index contributed by atoms with van der Waals surface area (Å²) >= 11 is 0. The van der Waals surface area contributed by atoms with Crippen molar-refractivity contribution in [2.45, 2.75) is 43.5 Å². The van der Waals surface area contributed by atoms with Gasteiger partial charge in [0.1, 0.15) is 5.41 Å². The van der Waals surface area contributed by atoms with Crippen LogP contribution in [0.3, 0.4) is 0 Å². The van der Waals surface area contributed by atoms with Crippen molar-refractivity contribution in [2.75, 3.05) is 0 Å². The molecule has 0 unspecified atom stereocenters. The van der Waals surface area contributed by atoms with E-state index in [1.54, 1.807) is 0 Å². The molecule has 0 saturated carbocycles. The Morgan fingerprint density at radius 3 is 1.64 bits per heavy atom. The predicted octanol–water partition coefficient (Wildman–Crippen LogP) is 5.44. The van der Waals surface area contributed by atoms with Gasteiger partial charge in [0, 0.05) is 12.8 Å². The molecule has 0 fully saturated rings. The number of rotatable bonds is 8. The molecule has 0 heterocycles. The summed E-state index contributed by atoms with van der Waals surface area (Å²) in [5.74, 6) is -21.4. The molecule has 0 spiro atoms. The minimum atomic E-state index is -6.67. The normalized spacial score (nSPS) is 13.4. The van der Waals surface area contributed by atoms with Crippen molar-refractivity contribution in [2.24, 2.45) is 5.41 Å². The lowest BCUT2D eigenvalue weighted by Gasteiger charge is -2.34. The Bertz CT molecular complexity index is 579. The van der Waals surface area contributed by atoms with E-state index in [0.717, 1.165) is 12.1 Å². The van der Waals surface area contributed by atoms with Gasteiger partial charge in [-0.1, -0.05) is 0 Å². The van der Waals surface area contributed by atoms with Gasteiger partial charge in [-0.25, -0.2) is 13.2 Å². The number of nitrogens with zero attached hydrogens (tertiary/aromatic N) is 2. The van der Waals surface area contributed by atoms with Crippen LogP contribution in [-0.2, 0) is 0 Å². The van der Waals surface area contributed by atoms with Gasteiger partial charge in [0.25, 0.3) is 0 Å². The van der Waals surface area contributed by atoms with E-state index < -0.39 is 60.8 Å². The van der Waals surface area contributed by atoms with Gasteiger partial charge in [0.15, 0.2) is 5.83 Å². The second kappa shape index (κ2) is 7.45. The fourth-order valence-electron chi connectivity index (χ4n) is 1.59. The van der Waals surface area contributed by atoms with E-state index in [-0.39, 0.29) is 0 Å². The monoisotopic (exact) mass is 388 g/mol. The first kappa shape index (κ1) is 22.9. The van der Waals surface area contributed by atoms with Gasteiger partial charge in [-0.3, -0.25) is 0 Å². The number of hydrogen-bond donors (Lipinski definition) is 0. The van der Waals surface area contributed by atoms with E-state index in [1.807, 2.05) is 0 Å². The molecule has 0 atom stereocenters. The zero-order chi connectivity index (χ0) is 20.3. The van der Waals surface area contributed by atoms with E-state index in [4.69, 9.17) is 10.5 Å². The number of alkyl halides is 8. The summed E-state index contributed by atoms with van der Waals surface area (Å²) in [6, 6.07) is 1.45. The first-order valence-electron chi connectivity index (χ1n) is 6.04. The third kappa shape index (κ3) is 4.52. The standard InChI is InChI=1S/C12H7F11N2/c13-6(7(14)15)1-2-9(4-24,5-25)3-10(18,19)12(22,23)11(20,21)8(16)17/h8H,1-3H2. The predicted molar refractivity (Wildman–Crippen MR) is 58.7 cm³/mol. The largest absolute Gasteiger partial charge is 0.377 e. The molecule has 0 radical (unpaired) electrons. The van der Waals surface area contributed by atoms with Crippen LogP contribution in [-0.4, -0.2) is 24.2 Å². The molecule has 0 amide bonds. The molecule has 0 N–H and O–H groups in total. The molecule has 2 nitrogen and oxygen atoms in total. The van der Waals surface area contributed by atoms with Crippen LogP contribution in [0.2, 0.25) is 0 Å². The van der Waals surface area contributed by atoms with Crippen molar-refractivity contribution in [1.29, 1.82) is 10.5 Å². The van der Waals surface area contributed by atoms with E-state index in [9.17, 15) is 48.3 Å². The van der Waals surface area contributed by atoms with E-state index in [1.165, 1.54) is 0 Å². The van der Waals surface area contributed by atoms with Gasteiger partial charge in [-0.15, -0.1) is 0 Å². The molecule has 0 aliphatic rings. The zero-order valence-electron chi connectivity index (χ0n) is 11.8. The van der Waals surface area contributed by atoms with Gasteiger partial charge < -0.3 is 0 Å². The van der Waals surface area contributed by atoms with Crippen molar-refractivity contribution < 1.29 is 48.3 Å². The van der Waals surface area contributed by atoms with Crippen LogP contribution in [0.4, 0.5) is 48.3 Å². The van der Waals surface area contributed by atoms with Crippen LogP contribution in [0.1, 0.15) is 19.3 Å². The van der Waals surface area contributed by atoms with Gasteiger partial charge >= 0.3 is 30.3 Å². The van der Waals surface area contributed by atoms with Crippen molar-refractivity contribution in [3.63, 3.8) is 0 Å². The highest BCUT2D eigenvalue weighted by molar-refractivity contribution is 5.18. The summed E-state index contributed by atoms with van der Waals surface area (Å²) in [6.07, 6.45) is -13.9. The molecular weight excluding hydrogens is 381 g/mol. The fraction of sp³-hybridized carbons (Fsp3) is 0.667. The number of allylic oxidation sites excluding steroid dienone is 1. The molecule has 0 aromatic carbocycles. The smallest absolute Gasteiger partial charge is 0.206 e. The van der Waals surface area contributed by atoms with E-state index in [0.29, 0.717) is 0 Å². The summed E-state index contributed by atoms with van der Waals surface area (Å²) in [5, 5.41) is 17.3. The van der Waals surface area contributed by atoms with Gasteiger partial charge in [-0.05, 0) is 6.42 Å². The first-order valence-corrected chi connectivity index (χ1v) is 6.04.